The second-order valence-electron chi connectivity index (χ2n) is 12.0. The highest BCUT2D eigenvalue weighted by Gasteiger charge is 2.11. The Kier molecular flexibility index (Phi) is 20.1. The normalized spacial score (nSPS) is 12.2. The first-order chi connectivity index (χ1) is 18.8. The molecule has 0 amide bonds. The molecule has 2 aromatic rings. The van der Waals surface area contributed by atoms with E-state index in [9.17, 15) is 0 Å². The SMILES string of the molecule is CCCCCCCCCCCCCCCCCCCCCC(CCCC)c1ccc(-c2ccccc2)cc1. The smallest absolute Gasteiger partial charge is 0.0162 e. The van der Waals surface area contributed by atoms with Crippen molar-refractivity contribution in [3.8, 4) is 11.1 Å². The molecule has 0 saturated heterocycles. The van der Waals surface area contributed by atoms with Gasteiger partial charge < -0.3 is 0 Å². The third kappa shape index (κ3) is 15.8. The van der Waals surface area contributed by atoms with Gasteiger partial charge in [0.05, 0.1) is 0 Å². The largest absolute Gasteiger partial charge is 0.0654 e. The predicted octanol–water partition coefficient (Wildman–Crippen LogP) is 13.4. The molecule has 0 fully saturated rings. The van der Waals surface area contributed by atoms with Crippen molar-refractivity contribution >= 4 is 0 Å². The van der Waals surface area contributed by atoms with E-state index in [1.807, 2.05) is 0 Å². The molecule has 0 nitrogen and oxygen atoms in total. The summed E-state index contributed by atoms with van der Waals surface area (Å²) >= 11 is 0. The predicted molar refractivity (Wildman–Crippen MR) is 172 cm³/mol. The van der Waals surface area contributed by atoms with Crippen LogP contribution >= 0.6 is 0 Å². The number of unbranched alkanes of at least 4 members (excludes halogenated alkanes) is 19. The van der Waals surface area contributed by atoms with Crippen LogP contribution < -0.4 is 0 Å². The summed E-state index contributed by atoms with van der Waals surface area (Å²) in [5.74, 6) is 0.741. The highest BCUT2D eigenvalue weighted by molar-refractivity contribution is 5.63. The van der Waals surface area contributed by atoms with E-state index in [1.165, 1.54) is 159 Å². The van der Waals surface area contributed by atoms with E-state index in [1.54, 1.807) is 5.56 Å². The molecule has 0 saturated carbocycles. The lowest BCUT2D eigenvalue weighted by molar-refractivity contribution is 0.494. The summed E-state index contributed by atoms with van der Waals surface area (Å²) in [5.41, 5.74) is 4.22. The van der Waals surface area contributed by atoms with Gasteiger partial charge in [0, 0.05) is 0 Å². The minimum atomic E-state index is 0.741. The van der Waals surface area contributed by atoms with Crippen LogP contribution in [-0.2, 0) is 0 Å². The van der Waals surface area contributed by atoms with Gasteiger partial charge in [0.25, 0.3) is 0 Å². The molecule has 1 atom stereocenters. The van der Waals surface area contributed by atoms with Crippen LogP contribution in [0, 0.1) is 0 Å². The summed E-state index contributed by atoms with van der Waals surface area (Å²) in [6.45, 7) is 4.63. The highest BCUT2D eigenvalue weighted by Crippen LogP contribution is 2.30. The zero-order valence-corrected chi connectivity index (χ0v) is 25.5. The highest BCUT2D eigenvalue weighted by atomic mass is 14.2. The lowest BCUT2D eigenvalue weighted by atomic mass is 9.87. The lowest BCUT2D eigenvalue weighted by Crippen LogP contribution is -1.99. The van der Waals surface area contributed by atoms with Crippen molar-refractivity contribution in [1.29, 1.82) is 0 Å². The molecule has 0 heterocycles. The van der Waals surface area contributed by atoms with Gasteiger partial charge in [-0.3, -0.25) is 0 Å². The Morgan fingerprint density at radius 1 is 0.368 bits per heavy atom. The van der Waals surface area contributed by atoms with Crippen LogP contribution in [0.1, 0.15) is 173 Å². The molecule has 38 heavy (non-hydrogen) atoms. The summed E-state index contributed by atoms with van der Waals surface area (Å²) in [7, 11) is 0. The summed E-state index contributed by atoms with van der Waals surface area (Å²) in [4.78, 5) is 0. The van der Waals surface area contributed by atoms with E-state index in [2.05, 4.69) is 68.4 Å². The zero-order chi connectivity index (χ0) is 26.9. The first-order valence-electron chi connectivity index (χ1n) is 17.0. The molecule has 214 valence electrons. The Morgan fingerprint density at radius 2 is 0.737 bits per heavy atom. The molecule has 2 aromatic carbocycles. The van der Waals surface area contributed by atoms with E-state index in [0.717, 1.165) is 5.92 Å². The number of rotatable bonds is 25. The van der Waals surface area contributed by atoms with E-state index < -0.39 is 0 Å². The quantitative estimate of drug-likeness (QED) is 0.115. The van der Waals surface area contributed by atoms with Crippen molar-refractivity contribution in [2.75, 3.05) is 0 Å². The van der Waals surface area contributed by atoms with Crippen LogP contribution in [0.5, 0.6) is 0 Å². The Bertz CT molecular complexity index is 743. The van der Waals surface area contributed by atoms with Crippen LogP contribution in [-0.4, -0.2) is 0 Å². The number of hydrogen-bond acceptors (Lipinski definition) is 0. The molecule has 0 bridgehead atoms. The third-order valence-electron chi connectivity index (χ3n) is 8.55. The summed E-state index contributed by atoms with van der Waals surface area (Å²) in [6, 6.07) is 20.2. The van der Waals surface area contributed by atoms with Crippen LogP contribution in [0.2, 0.25) is 0 Å². The van der Waals surface area contributed by atoms with Crippen molar-refractivity contribution in [2.24, 2.45) is 0 Å². The maximum atomic E-state index is 2.40. The molecule has 0 radical (unpaired) electrons. The third-order valence-corrected chi connectivity index (χ3v) is 8.55. The van der Waals surface area contributed by atoms with Crippen molar-refractivity contribution in [2.45, 2.75) is 167 Å². The lowest BCUT2D eigenvalue weighted by Gasteiger charge is -2.18. The minimum Gasteiger partial charge on any atom is -0.0654 e. The fraction of sp³-hybridized carbons (Fsp3) is 0.684. The topological polar surface area (TPSA) is 0 Å². The number of benzene rings is 2. The van der Waals surface area contributed by atoms with Crippen LogP contribution in [0.25, 0.3) is 11.1 Å². The Hall–Kier alpha value is -1.56. The second kappa shape index (κ2) is 23.3. The van der Waals surface area contributed by atoms with Crippen molar-refractivity contribution in [3.63, 3.8) is 0 Å². The minimum absolute atomic E-state index is 0.741. The molecule has 0 spiro atoms. The van der Waals surface area contributed by atoms with E-state index >= 15 is 0 Å². The van der Waals surface area contributed by atoms with Gasteiger partial charge in [0.15, 0.2) is 0 Å². The molecular weight excluding hydrogens is 456 g/mol. The first-order valence-corrected chi connectivity index (χ1v) is 17.0. The standard InChI is InChI=1S/C38H62/c1-3-5-7-8-9-10-11-12-13-14-15-16-17-18-19-20-21-22-24-28-35(27-6-4-2)37-31-33-38(34-32-37)36-29-25-23-26-30-36/h23,25-26,29-35H,3-22,24,27-28H2,1-2H3. The Morgan fingerprint density at radius 3 is 1.18 bits per heavy atom. The average molecular weight is 519 g/mol. The molecular formula is C38H62. The zero-order valence-electron chi connectivity index (χ0n) is 25.5. The maximum Gasteiger partial charge on any atom is -0.0162 e. The fourth-order valence-corrected chi connectivity index (χ4v) is 5.98. The summed E-state index contributed by atoms with van der Waals surface area (Å²) in [6.07, 6.45) is 33.0. The molecule has 0 N–H and O–H groups in total. The molecule has 1 unspecified atom stereocenters. The van der Waals surface area contributed by atoms with Crippen molar-refractivity contribution in [1.82, 2.24) is 0 Å². The fourth-order valence-electron chi connectivity index (χ4n) is 5.98. The molecule has 0 aliphatic heterocycles. The first kappa shape index (κ1) is 32.7. The number of hydrogen-bond donors (Lipinski definition) is 0. The van der Waals surface area contributed by atoms with Crippen molar-refractivity contribution in [3.05, 3.63) is 60.2 Å². The maximum absolute atomic E-state index is 2.40. The molecule has 0 aliphatic carbocycles. The molecule has 0 aromatic heterocycles. The summed E-state index contributed by atoms with van der Waals surface area (Å²) < 4.78 is 0. The van der Waals surface area contributed by atoms with Crippen LogP contribution in [0.3, 0.4) is 0 Å². The van der Waals surface area contributed by atoms with Crippen LogP contribution in [0.4, 0.5) is 0 Å². The van der Waals surface area contributed by atoms with Crippen LogP contribution in [0.15, 0.2) is 54.6 Å². The molecule has 0 aliphatic rings. The van der Waals surface area contributed by atoms with Gasteiger partial charge in [-0.25, -0.2) is 0 Å². The molecule has 0 heteroatoms. The van der Waals surface area contributed by atoms with Gasteiger partial charge in [-0.1, -0.05) is 203 Å². The van der Waals surface area contributed by atoms with Gasteiger partial charge in [-0.15, -0.1) is 0 Å². The Balaban J connectivity index is 1.45. The van der Waals surface area contributed by atoms with E-state index in [0.29, 0.717) is 0 Å². The van der Waals surface area contributed by atoms with Gasteiger partial charge in [0.2, 0.25) is 0 Å². The summed E-state index contributed by atoms with van der Waals surface area (Å²) in [5, 5.41) is 0. The Labute approximate surface area is 238 Å². The average Bonchev–Trinajstić information content (AvgIpc) is 2.96. The monoisotopic (exact) mass is 518 g/mol. The second-order valence-corrected chi connectivity index (χ2v) is 12.0. The van der Waals surface area contributed by atoms with Crippen molar-refractivity contribution < 1.29 is 0 Å². The molecule has 2 rings (SSSR count). The van der Waals surface area contributed by atoms with Gasteiger partial charge in [-0.2, -0.15) is 0 Å². The van der Waals surface area contributed by atoms with E-state index in [4.69, 9.17) is 0 Å². The van der Waals surface area contributed by atoms with Gasteiger partial charge in [-0.05, 0) is 35.4 Å². The van der Waals surface area contributed by atoms with Gasteiger partial charge >= 0.3 is 0 Å². The van der Waals surface area contributed by atoms with E-state index in [-0.39, 0.29) is 0 Å². The van der Waals surface area contributed by atoms with Gasteiger partial charge in [0.1, 0.15) is 0 Å².